The van der Waals surface area contributed by atoms with E-state index < -0.39 is 0 Å². The van der Waals surface area contributed by atoms with Gasteiger partial charge in [-0.1, -0.05) is 36.4 Å². The number of aryl methyl sites for hydroxylation is 2. The third kappa shape index (κ3) is 5.20. The molecule has 0 radical (unpaired) electrons. The van der Waals surface area contributed by atoms with E-state index in [-0.39, 0.29) is 0 Å². The predicted molar refractivity (Wildman–Crippen MR) is 91.9 cm³/mol. The maximum Gasteiger partial charge on any atom is 0.191 e. The lowest BCUT2D eigenvalue weighted by molar-refractivity contribution is 0.736. The molecular formula is C18H24N4. The molecule has 0 aliphatic carbocycles. The van der Waals surface area contributed by atoms with Gasteiger partial charge in [-0.15, -0.1) is 0 Å². The molecule has 1 aromatic carbocycles. The van der Waals surface area contributed by atoms with Crippen molar-refractivity contribution in [1.29, 1.82) is 0 Å². The van der Waals surface area contributed by atoms with E-state index in [1.807, 2.05) is 18.3 Å². The minimum absolute atomic E-state index is 0.686. The lowest BCUT2D eigenvalue weighted by atomic mass is 10.1. The van der Waals surface area contributed by atoms with Crippen molar-refractivity contribution in [2.45, 2.75) is 26.3 Å². The van der Waals surface area contributed by atoms with Crippen LogP contribution in [0.25, 0.3) is 0 Å². The molecule has 116 valence electrons. The highest BCUT2D eigenvalue weighted by Gasteiger charge is 2.01. The van der Waals surface area contributed by atoms with Gasteiger partial charge in [-0.3, -0.25) is 9.98 Å². The maximum absolute atomic E-state index is 4.38. The van der Waals surface area contributed by atoms with E-state index >= 15 is 0 Å². The number of hydrogen-bond acceptors (Lipinski definition) is 2. The lowest BCUT2D eigenvalue weighted by Gasteiger charge is -2.12. The fourth-order valence-corrected chi connectivity index (χ4v) is 2.24. The number of nitrogens with one attached hydrogen (secondary N) is 2. The molecule has 0 saturated carbocycles. The summed E-state index contributed by atoms with van der Waals surface area (Å²) < 4.78 is 0. The van der Waals surface area contributed by atoms with Gasteiger partial charge in [0.1, 0.15) is 0 Å². The third-order valence-corrected chi connectivity index (χ3v) is 3.54. The summed E-state index contributed by atoms with van der Waals surface area (Å²) in [4.78, 5) is 8.62. The molecule has 1 aromatic heterocycles. The van der Waals surface area contributed by atoms with E-state index in [0.29, 0.717) is 6.54 Å². The Morgan fingerprint density at radius 2 is 1.91 bits per heavy atom. The molecule has 2 aromatic rings. The second kappa shape index (κ2) is 8.82. The second-order valence-electron chi connectivity index (χ2n) is 5.21. The molecule has 4 nitrogen and oxygen atoms in total. The first-order chi connectivity index (χ1) is 10.8. The van der Waals surface area contributed by atoms with Crippen molar-refractivity contribution in [2.24, 2.45) is 4.99 Å². The first-order valence-electron chi connectivity index (χ1n) is 7.68. The molecule has 0 aliphatic rings. The number of nitrogens with zero attached hydrogens (tertiary/aromatic N) is 2. The van der Waals surface area contributed by atoms with Crippen molar-refractivity contribution in [1.82, 2.24) is 15.6 Å². The van der Waals surface area contributed by atoms with Crippen LogP contribution in [-0.4, -0.2) is 24.5 Å². The molecular weight excluding hydrogens is 272 g/mol. The molecule has 0 amide bonds. The second-order valence-corrected chi connectivity index (χ2v) is 5.21. The minimum atomic E-state index is 0.686. The highest BCUT2D eigenvalue weighted by molar-refractivity contribution is 5.79. The van der Waals surface area contributed by atoms with Crippen LogP contribution in [0, 0.1) is 6.92 Å². The van der Waals surface area contributed by atoms with Crippen molar-refractivity contribution in [3.63, 3.8) is 0 Å². The Hall–Kier alpha value is -2.36. The quantitative estimate of drug-likeness (QED) is 0.489. The SMILES string of the molecule is CN=C(NCCCc1ccccc1)NCc1ncccc1C. The van der Waals surface area contributed by atoms with Crippen LogP contribution in [0.2, 0.25) is 0 Å². The molecule has 22 heavy (non-hydrogen) atoms. The van der Waals surface area contributed by atoms with Gasteiger partial charge in [0.05, 0.1) is 12.2 Å². The number of benzene rings is 1. The van der Waals surface area contributed by atoms with Crippen LogP contribution in [0.3, 0.4) is 0 Å². The Morgan fingerprint density at radius 1 is 1.09 bits per heavy atom. The summed E-state index contributed by atoms with van der Waals surface area (Å²) in [7, 11) is 1.79. The number of aromatic nitrogens is 1. The van der Waals surface area contributed by atoms with E-state index in [1.54, 1.807) is 7.05 Å². The Bertz CT molecular complexity index is 593. The Kier molecular flexibility index (Phi) is 6.42. The zero-order chi connectivity index (χ0) is 15.6. The summed E-state index contributed by atoms with van der Waals surface area (Å²) in [5.41, 5.74) is 3.61. The zero-order valence-electron chi connectivity index (χ0n) is 13.3. The monoisotopic (exact) mass is 296 g/mol. The van der Waals surface area contributed by atoms with Crippen LogP contribution < -0.4 is 10.6 Å². The average molecular weight is 296 g/mol. The highest BCUT2D eigenvalue weighted by atomic mass is 15.2. The van der Waals surface area contributed by atoms with Crippen molar-refractivity contribution in [3.8, 4) is 0 Å². The standard InChI is InChI=1S/C18H24N4/c1-15-8-6-12-20-17(15)14-22-18(19-2)21-13-7-11-16-9-4-3-5-10-16/h3-6,8-10,12H,7,11,13-14H2,1-2H3,(H2,19,21,22). The number of rotatable bonds is 6. The van der Waals surface area contributed by atoms with Crippen molar-refractivity contribution in [3.05, 3.63) is 65.5 Å². The molecule has 0 aliphatic heterocycles. The summed E-state index contributed by atoms with van der Waals surface area (Å²) >= 11 is 0. The molecule has 4 heteroatoms. The van der Waals surface area contributed by atoms with E-state index in [9.17, 15) is 0 Å². The zero-order valence-corrected chi connectivity index (χ0v) is 13.3. The highest BCUT2D eigenvalue weighted by Crippen LogP contribution is 2.02. The smallest absolute Gasteiger partial charge is 0.191 e. The average Bonchev–Trinajstić information content (AvgIpc) is 2.56. The number of hydrogen-bond donors (Lipinski definition) is 2. The fraction of sp³-hybridized carbons (Fsp3) is 0.333. The van der Waals surface area contributed by atoms with Crippen LogP contribution in [-0.2, 0) is 13.0 Å². The maximum atomic E-state index is 4.38. The van der Waals surface area contributed by atoms with Crippen molar-refractivity contribution in [2.75, 3.05) is 13.6 Å². The van der Waals surface area contributed by atoms with Gasteiger partial charge in [0.2, 0.25) is 0 Å². The predicted octanol–water partition coefficient (Wildman–Crippen LogP) is 2.69. The van der Waals surface area contributed by atoms with Gasteiger partial charge in [-0.2, -0.15) is 0 Å². The van der Waals surface area contributed by atoms with Gasteiger partial charge in [-0.05, 0) is 37.0 Å². The molecule has 0 unspecified atom stereocenters. The van der Waals surface area contributed by atoms with Gasteiger partial charge in [0.25, 0.3) is 0 Å². The van der Waals surface area contributed by atoms with Crippen molar-refractivity contribution < 1.29 is 0 Å². The molecule has 2 N–H and O–H groups in total. The summed E-state index contributed by atoms with van der Waals surface area (Å²) in [6.07, 6.45) is 3.97. The molecule has 0 atom stereocenters. The van der Waals surface area contributed by atoms with E-state index in [2.05, 4.69) is 57.9 Å². The van der Waals surface area contributed by atoms with Gasteiger partial charge in [-0.25, -0.2) is 0 Å². The van der Waals surface area contributed by atoms with Crippen LogP contribution in [0.15, 0.2) is 53.7 Å². The first-order valence-corrected chi connectivity index (χ1v) is 7.68. The molecule has 0 saturated heterocycles. The molecule has 0 bridgehead atoms. The Labute approximate surface area is 132 Å². The van der Waals surface area contributed by atoms with E-state index in [1.165, 1.54) is 11.1 Å². The van der Waals surface area contributed by atoms with Gasteiger partial charge in [0.15, 0.2) is 5.96 Å². The Morgan fingerprint density at radius 3 is 2.64 bits per heavy atom. The number of guanidine groups is 1. The number of pyridine rings is 1. The van der Waals surface area contributed by atoms with Gasteiger partial charge >= 0.3 is 0 Å². The van der Waals surface area contributed by atoms with E-state index in [0.717, 1.165) is 31.0 Å². The summed E-state index contributed by atoms with van der Waals surface area (Å²) in [6, 6.07) is 14.6. The third-order valence-electron chi connectivity index (χ3n) is 3.54. The largest absolute Gasteiger partial charge is 0.356 e. The molecule has 0 fully saturated rings. The number of aliphatic imine (C=N–C) groups is 1. The van der Waals surface area contributed by atoms with Crippen molar-refractivity contribution >= 4 is 5.96 Å². The first kappa shape index (κ1) is 16.0. The normalized spacial score (nSPS) is 11.3. The fourth-order valence-electron chi connectivity index (χ4n) is 2.24. The van der Waals surface area contributed by atoms with Crippen LogP contribution in [0.1, 0.15) is 23.2 Å². The summed E-state index contributed by atoms with van der Waals surface area (Å²) in [5.74, 6) is 0.818. The van der Waals surface area contributed by atoms with Crippen LogP contribution >= 0.6 is 0 Å². The van der Waals surface area contributed by atoms with Crippen LogP contribution in [0.4, 0.5) is 0 Å². The molecule has 0 spiro atoms. The molecule has 2 rings (SSSR count). The summed E-state index contributed by atoms with van der Waals surface area (Å²) in [5, 5.41) is 6.64. The Balaban J connectivity index is 1.70. The van der Waals surface area contributed by atoms with Crippen LogP contribution in [0.5, 0.6) is 0 Å². The lowest BCUT2D eigenvalue weighted by Crippen LogP contribution is -2.37. The minimum Gasteiger partial charge on any atom is -0.356 e. The molecule has 1 heterocycles. The summed E-state index contributed by atoms with van der Waals surface area (Å²) in [6.45, 7) is 3.65. The van der Waals surface area contributed by atoms with Gasteiger partial charge < -0.3 is 10.6 Å². The topological polar surface area (TPSA) is 49.3 Å². The van der Waals surface area contributed by atoms with Gasteiger partial charge in [0, 0.05) is 19.8 Å². The van der Waals surface area contributed by atoms with E-state index in [4.69, 9.17) is 0 Å².